The highest BCUT2D eigenvalue weighted by Crippen LogP contribution is 2.20. The molecule has 2 unspecified atom stereocenters. The summed E-state index contributed by atoms with van der Waals surface area (Å²) in [5, 5.41) is 8.88. The fourth-order valence-corrected chi connectivity index (χ4v) is 2.72. The number of likely N-dealkylation sites (tertiary alicyclic amines) is 1. The molecular weight excluding hydrogens is 286 g/mol. The van der Waals surface area contributed by atoms with Gasteiger partial charge in [0, 0.05) is 19.1 Å². The fraction of sp³-hybridized carbons (Fsp3) is 0.467. The normalized spacial score (nSPS) is 20.2. The van der Waals surface area contributed by atoms with Gasteiger partial charge in [-0.05, 0) is 37.9 Å². The largest absolute Gasteiger partial charge is 0.328 e. The second-order valence-electron chi connectivity index (χ2n) is 5.60. The van der Waals surface area contributed by atoms with E-state index in [0.717, 1.165) is 31.0 Å². The Morgan fingerprint density at radius 2 is 2.10 bits per heavy atom. The third-order valence-electron chi connectivity index (χ3n) is 3.96. The average Bonchev–Trinajstić information content (AvgIpc) is 3.10. The summed E-state index contributed by atoms with van der Waals surface area (Å²) in [7, 11) is 0. The van der Waals surface area contributed by atoms with Crippen LogP contribution in [0.2, 0.25) is 0 Å². The van der Waals surface area contributed by atoms with Gasteiger partial charge in [-0.1, -0.05) is 18.2 Å². The predicted molar refractivity (Wildman–Crippen MR) is 85.6 cm³/mol. The van der Waals surface area contributed by atoms with Gasteiger partial charge in [0.1, 0.15) is 0 Å². The van der Waals surface area contributed by atoms with Crippen molar-refractivity contribution in [1.82, 2.24) is 19.9 Å². The Bertz CT molecular complexity index is 554. The minimum atomic E-state index is 0. The van der Waals surface area contributed by atoms with Crippen LogP contribution in [0.15, 0.2) is 36.5 Å². The van der Waals surface area contributed by atoms with E-state index in [0.29, 0.717) is 5.92 Å². The van der Waals surface area contributed by atoms with Crippen molar-refractivity contribution >= 4 is 12.4 Å². The van der Waals surface area contributed by atoms with Crippen LogP contribution in [0.25, 0.3) is 5.69 Å². The van der Waals surface area contributed by atoms with Crippen LogP contribution in [-0.4, -0.2) is 39.0 Å². The summed E-state index contributed by atoms with van der Waals surface area (Å²) in [5.74, 6) is 0.610. The van der Waals surface area contributed by atoms with Crippen molar-refractivity contribution in [1.29, 1.82) is 0 Å². The van der Waals surface area contributed by atoms with E-state index in [-0.39, 0.29) is 18.4 Å². The summed E-state index contributed by atoms with van der Waals surface area (Å²) >= 11 is 0. The lowest BCUT2D eigenvalue weighted by atomic mass is 10.0. The lowest BCUT2D eigenvalue weighted by Crippen LogP contribution is -2.29. The van der Waals surface area contributed by atoms with Crippen molar-refractivity contribution in [2.75, 3.05) is 13.1 Å². The summed E-state index contributed by atoms with van der Waals surface area (Å²) in [6, 6.07) is 10.3. The number of nitrogens with two attached hydrogens (primary N) is 1. The van der Waals surface area contributed by atoms with Crippen LogP contribution in [0, 0.1) is 5.92 Å². The molecule has 1 aliphatic heterocycles. The SMILES string of the molecule is CC(N)C1CCN(Cc2cnn(-c3ccccc3)n2)C1.Cl. The van der Waals surface area contributed by atoms with E-state index in [1.807, 2.05) is 36.5 Å². The van der Waals surface area contributed by atoms with E-state index in [4.69, 9.17) is 5.73 Å². The van der Waals surface area contributed by atoms with Gasteiger partial charge in [-0.2, -0.15) is 15.0 Å². The fourth-order valence-electron chi connectivity index (χ4n) is 2.72. The molecule has 0 radical (unpaired) electrons. The first-order valence-electron chi connectivity index (χ1n) is 7.17. The number of benzene rings is 1. The van der Waals surface area contributed by atoms with Crippen molar-refractivity contribution in [2.45, 2.75) is 25.9 Å². The zero-order valence-electron chi connectivity index (χ0n) is 12.2. The smallest absolute Gasteiger partial charge is 0.0971 e. The van der Waals surface area contributed by atoms with Gasteiger partial charge in [0.05, 0.1) is 17.6 Å². The molecule has 5 nitrogen and oxygen atoms in total. The Morgan fingerprint density at radius 3 is 2.76 bits per heavy atom. The zero-order chi connectivity index (χ0) is 13.9. The lowest BCUT2D eigenvalue weighted by molar-refractivity contribution is 0.304. The second-order valence-corrected chi connectivity index (χ2v) is 5.60. The Morgan fingerprint density at radius 1 is 1.33 bits per heavy atom. The van der Waals surface area contributed by atoms with Crippen LogP contribution >= 0.6 is 12.4 Å². The van der Waals surface area contributed by atoms with Crippen molar-refractivity contribution in [3.05, 3.63) is 42.2 Å². The minimum absolute atomic E-state index is 0. The molecule has 0 aliphatic carbocycles. The summed E-state index contributed by atoms with van der Waals surface area (Å²) in [6.07, 6.45) is 3.04. The molecule has 1 aliphatic rings. The van der Waals surface area contributed by atoms with Gasteiger partial charge in [-0.25, -0.2) is 0 Å². The van der Waals surface area contributed by atoms with Gasteiger partial charge in [0.25, 0.3) is 0 Å². The molecule has 114 valence electrons. The molecule has 2 aromatic rings. The Labute approximate surface area is 131 Å². The molecular formula is C15H22ClN5. The number of nitrogens with zero attached hydrogens (tertiary/aromatic N) is 4. The van der Waals surface area contributed by atoms with E-state index in [1.54, 1.807) is 4.80 Å². The number of halogens is 1. The third kappa shape index (κ3) is 3.81. The topological polar surface area (TPSA) is 60.0 Å². The van der Waals surface area contributed by atoms with Crippen LogP contribution in [0.1, 0.15) is 19.0 Å². The molecule has 1 fully saturated rings. The van der Waals surface area contributed by atoms with Crippen molar-refractivity contribution in [3.63, 3.8) is 0 Å². The molecule has 0 spiro atoms. The molecule has 1 saturated heterocycles. The molecule has 0 amide bonds. The van der Waals surface area contributed by atoms with E-state index >= 15 is 0 Å². The van der Waals surface area contributed by atoms with Crippen LogP contribution in [-0.2, 0) is 6.54 Å². The molecule has 1 aromatic carbocycles. The molecule has 2 atom stereocenters. The van der Waals surface area contributed by atoms with Crippen LogP contribution in [0.5, 0.6) is 0 Å². The maximum atomic E-state index is 5.97. The number of hydrogen-bond donors (Lipinski definition) is 1. The highest BCUT2D eigenvalue weighted by Gasteiger charge is 2.25. The summed E-state index contributed by atoms with van der Waals surface area (Å²) in [6.45, 7) is 5.12. The first kappa shape index (κ1) is 15.9. The van der Waals surface area contributed by atoms with Gasteiger partial charge >= 0.3 is 0 Å². The van der Waals surface area contributed by atoms with Gasteiger partial charge in [0.15, 0.2) is 0 Å². The predicted octanol–water partition coefficient (Wildman–Crippen LogP) is 1.86. The van der Waals surface area contributed by atoms with E-state index in [9.17, 15) is 0 Å². The minimum Gasteiger partial charge on any atom is -0.328 e. The first-order chi connectivity index (χ1) is 9.72. The highest BCUT2D eigenvalue weighted by atomic mass is 35.5. The molecule has 2 heterocycles. The van der Waals surface area contributed by atoms with Crippen molar-refractivity contribution < 1.29 is 0 Å². The average molecular weight is 308 g/mol. The third-order valence-corrected chi connectivity index (χ3v) is 3.96. The monoisotopic (exact) mass is 307 g/mol. The molecule has 3 rings (SSSR count). The zero-order valence-corrected chi connectivity index (χ0v) is 13.0. The van der Waals surface area contributed by atoms with Gasteiger partial charge in [0.2, 0.25) is 0 Å². The van der Waals surface area contributed by atoms with E-state index in [1.165, 1.54) is 6.42 Å². The summed E-state index contributed by atoms with van der Waals surface area (Å²) in [4.78, 5) is 4.10. The first-order valence-corrected chi connectivity index (χ1v) is 7.17. The van der Waals surface area contributed by atoms with Gasteiger partial charge in [-0.3, -0.25) is 4.90 Å². The number of hydrogen-bond acceptors (Lipinski definition) is 4. The standard InChI is InChI=1S/C15H21N5.ClH/c1-12(16)13-7-8-19(10-13)11-14-9-17-20(18-14)15-5-3-2-4-6-15;/h2-6,9,12-13H,7-8,10-11,16H2,1H3;1H. The Balaban J connectivity index is 0.00000161. The number of para-hydroxylation sites is 1. The summed E-state index contributed by atoms with van der Waals surface area (Å²) in [5.41, 5.74) is 7.98. The second kappa shape index (κ2) is 7.02. The highest BCUT2D eigenvalue weighted by molar-refractivity contribution is 5.85. The summed E-state index contributed by atoms with van der Waals surface area (Å²) < 4.78 is 0. The number of rotatable bonds is 4. The molecule has 0 bridgehead atoms. The van der Waals surface area contributed by atoms with Gasteiger partial charge < -0.3 is 5.73 Å². The van der Waals surface area contributed by atoms with Crippen LogP contribution in [0.4, 0.5) is 0 Å². The molecule has 1 aromatic heterocycles. The van der Waals surface area contributed by atoms with E-state index in [2.05, 4.69) is 22.0 Å². The molecule has 6 heteroatoms. The van der Waals surface area contributed by atoms with Crippen molar-refractivity contribution in [3.8, 4) is 5.69 Å². The van der Waals surface area contributed by atoms with E-state index < -0.39 is 0 Å². The quantitative estimate of drug-likeness (QED) is 0.936. The maximum Gasteiger partial charge on any atom is 0.0971 e. The van der Waals surface area contributed by atoms with Crippen LogP contribution < -0.4 is 5.73 Å². The van der Waals surface area contributed by atoms with Crippen molar-refractivity contribution in [2.24, 2.45) is 11.7 Å². The lowest BCUT2D eigenvalue weighted by Gasteiger charge is -2.16. The van der Waals surface area contributed by atoms with Crippen LogP contribution in [0.3, 0.4) is 0 Å². The Hall–Kier alpha value is -1.43. The molecule has 21 heavy (non-hydrogen) atoms. The molecule has 2 N–H and O–H groups in total. The van der Waals surface area contributed by atoms with Gasteiger partial charge in [-0.15, -0.1) is 12.4 Å². The molecule has 0 saturated carbocycles. The number of aromatic nitrogens is 3. The Kier molecular flexibility index (Phi) is 5.33. The maximum absolute atomic E-state index is 5.97.